The summed E-state index contributed by atoms with van der Waals surface area (Å²) >= 11 is 1.59. The van der Waals surface area contributed by atoms with Crippen LogP contribution in [0.25, 0.3) is 10.2 Å². The smallest absolute Gasteiger partial charge is 0.262 e. The van der Waals surface area contributed by atoms with E-state index in [2.05, 4.69) is 22.0 Å². The molecule has 0 unspecified atom stereocenters. The summed E-state index contributed by atoms with van der Waals surface area (Å²) in [7, 11) is 0. The molecular formula is C13H15N5OS. The molecule has 0 aromatic carbocycles. The number of thiophene rings is 1. The third-order valence-corrected chi connectivity index (χ3v) is 4.46. The highest BCUT2D eigenvalue weighted by Crippen LogP contribution is 2.21. The van der Waals surface area contributed by atoms with Crippen molar-refractivity contribution in [2.45, 2.75) is 32.9 Å². The molecule has 0 amide bonds. The van der Waals surface area contributed by atoms with Crippen molar-refractivity contribution < 1.29 is 0 Å². The van der Waals surface area contributed by atoms with E-state index in [-0.39, 0.29) is 11.6 Å². The minimum Gasteiger partial charge on any atom is -0.294 e. The maximum Gasteiger partial charge on any atom is 0.262 e. The average Bonchev–Trinajstić information content (AvgIpc) is 3.07. The van der Waals surface area contributed by atoms with Crippen molar-refractivity contribution in [1.29, 1.82) is 0 Å². The molecule has 3 aromatic rings. The Morgan fingerprint density at radius 1 is 1.40 bits per heavy atom. The highest BCUT2D eigenvalue weighted by atomic mass is 32.1. The first-order valence-corrected chi connectivity index (χ1v) is 7.32. The predicted molar refractivity (Wildman–Crippen MR) is 78.0 cm³/mol. The Hall–Kier alpha value is -2.02. The lowest BCUT2D eigenvalue weighted by atomic mass is 10.3. The van der Waals surface area contributed by atoms with Crippen molar-refractivity contribution >= 4 is 21.6 Å². The van der Waals surface area contributed by atoms with E-state index >= 15 is 0 Å². The fraction of sp³-hybridized carbons (Fsp3) is 0.385. The molecule has 6 nitrogen and oxygen atoms in total. The van der Waals surface area contributed by atoms with Crippen molar-refractivity contribution in [3.8, 4) is 0 Å². The molecule has 0 saturated carbocycles. The lowest BCUT2D eigenvalue weighted by molar-refractivity contribution is 0.425. The Morgan fingerprint density at radius 2 is 2.25 bits per heavy atom. The molecule has 0 aliphatic heterocycles. The summed E-state index contributed by atoms with van der Waals surface area (Å²) in [4.78, 5) is 22.8. The number of fused-ring (bicyclic) bond motifs is 1. The Morgan fingerprint density at radius 3 is 2.95 bits per heavy atom. The van der Waals surface area contributed by atoms with Gasteiger partial charge in [0.15, 0.2) is 0 Å². The average molecular weight is 289 g/mol. The van der Waals surface area contributed by atoms with Crippen molar-refractivity contribution in [1.82, 2.24) is 24.3 Å². The molecule has 1 atom stereocenters. The fourth-order valence-corrected chi connectivity index (χ4v) is 3.09. The molecule has 0 spiro atoms. The van der Waals surface area contributed by atoms with Crippen LogP contribution in [0, 0.1) is 0 Å². The lowest BCUT2D eigenvalue weighted by Crippen LogP contribution is -2.26. The third-order valence-electron chi connectivity index (χ3n) is 3.27. The Bertz CT molecular complexity index is 774. The zero-order valence-electron chi connectivity index (χ0n) is 11.4. The summed E-state index contributed by atoms with van der Waals surface area (Å²) in [5.74, 6) is 0. The van der Waals surface area contributed by atoms with Crippen molar-refractivity contribution in [2.24, 2.45) is 0 Å². The molecule has 7 heteroatoms. The Kier molecular flexibility index (Phi) is 3.35. The first kappa shape index (κ1) is 13.0. The van der Waals surface area contributed by atoms with E-state index in [1.165, 1.54) is 11.2 Å². The van der Waals surface area contributed by atoms with Gasteiger partial charge in [0.05, 0.1) is 24.3 Å². The van der Waals surface area contributed by atoms with E-state index in [1.807, 2.05) is 13.0 Å². The van der Waals surface area contributed by atoms with E-state index in [9.17, 15) is 4.79 Å². The number of nitrogens with zero attached hydrogens (tertiary/aromatic N) is 5. The van der Waals surface area contributed by atoms with Crippen LogP contribution in [0.4, 0.5) is 0 Å². The molecule has 3 aromatic heterocycles. The summed E-state index contributed by atoms with van der Waals surface area (Å²) in [6.45, 7) is 4.65. The second kappa shape index (κ2) is 5.16. The van der Waals surface area contributed by atoms with Crippen LogP contribution in [-0.4, -0.2) is 24.3 Å². The van der Waals surface area contributed by atoms with Crippen LogP contribution in [0.15, 0.2) is 29.8 Å². The quantitative estimate of drug-likeness (QED) is 0.735. The van der Waals surface area contributed by atoms with Crippen LogP contribution in [0.2, 0.25) is 0 Å². The van der Waals surface area contributed by atoms with E-state index in [4.69, 9.17) is 0 Å². The number of aryl methyl sites for hydroxylation is 1. The van der Waals surface area contributed by atoms with E-state index in [1.54, 1.807) is 33.2 Å². The summed E-state index contributed by atoms with van der Waals surface area (Å²) in [5, 5.41) is 4.77. The van der Waals surface area contributed by atoms with Gasteiger partial charge in [-0.25, -0.2) is 9.97 Å². The summed E-state index contributed by atoms with van der Waals surface area (Å²) in [6.07, 6.45) is 5.69. The Labute approximate surface area is 119 Å². The van der Waals surface area contributed by atoms with Crippen LogP contribution in [0.1, 0.15) is 24.8 Å². The minimum atomic E-state index is -0.0222. The van der Waals surface area contributed by atoms with Gasteiger partial charge in [0, 0.05) is 4.88 Å². The molecule has 0 N–H and O–H groups in total. The van der Waals surface area contributed by atoms with Crippen LogP contribution in [-0.2, 0) is 13.0 Å². The molecule has 0 saturated heterocycles. The second-order valence-corrected chi connectivity index (χ2v) is 5.82. The van der Waals surface area contributed by atoms with Gasteiger partial charge < -0.3 is 0 Å². The maximum atomic E-state index is 12.5. The van der Waals surface area contributed by atoms with Crippen LogP contribution < -0.4 is 5.56 Å². The van der Waals surface area contributed by atoms with Gasteiger partial charge in [-0.2, -0.15) is 5.10 Å². The molecule has 3 heterocycles. The van der Waals surface area contributed by atoms with Gasteiger partial charge in [0.25, 0.3) is 5.56 Å². The number of rotatable bonds is 4. The number of hydrogen-bond acceptors (Lipinski definition) is 5. The molecular weight excluding hydrogens is 274 g/mol. The zero-order valence-corrected chi connectivity index (χ0v) is 12.2. The fourth-order valence-electron chi connectivity index (χ4n) is 2.16. The monoisotopic (exact) mass is 289 g/mol. The van der Waals surface area contributed by atoms with Gasteiger partial charge in [0.1, 0.15) is 17.5 Å². The van der Waals surface area contributed by atoms with Gasteiger partial charge >= 0.3 is 0 Å². The molecule has 3 rings (SSSR count). The topological polar surface area (TPSA) is 65.6 Å². The SMILES string of the molecule is CCc1cc2c(=O)n([C@H](C)Cn3cncn3)cnc2s1. The largest absolute Gasteiger partial charge is 0.294 e. The normalized spacial score (nSPS) is 12.9. The van der Waals surface area contributed by atoms with E-state index in [0.717, 1.165) is 11.3 Å². The van der Waals surface area contributed by atoms with E-state index < -0.39 is 0 Å². The number of aromatic nitrogens is 5. The molecule has 0 aliphatic carbocycles. The Balaban J connectivity index is 1.99. The molecule has 20 heavy (non-hydrogen) atoms. The molecule has 0 bridgehead atoms. The summed E-state index contributed by atoms with van der Waals surface area (Å²) < 4.78 is 3.38. The lowest BCUT2D eigenvalue weighted by Gasteiger charge is -2.14. The van der Waals surface area contributed by atoms with Crippen LogP contribution in [0.3, 0.4) is 0 Å². The molecule has 104 valence electrons. The standard InChI is InChI=1S/C13H15N5OS/c1-3-10-4-11-12(20-10)15-8-18(13(11)19)9(2)5-17-7-14-6-16-17/h4,6-9H,3,5H2,1-2H3/t9-/m1/s1. The van der Waals surface area contributed by atoms with Crippen LogP contribution >= 0.6 is 11.3 Å². The summed E-state index contributed by atoms with van der Waals surface area (Å²) in [6, 6.07) is 1.93. The van der Waals surface area contributed by atoms with E-state index in [0.29, 0.717) is 11.9 Å². The predicted octanol–water partition coefficient (Wildman–Crippen LogP) is 1.87. The second-order valence-electron chi connectivity index (χ2n) is 4.71. The first-order valence-electron chi connectivity index (χ1n) is 6.51. The highest BCUT2D eigenvalue weighted by Gasteiger charge is 2.13. The van der Waals surface area contributed by atoms with Crippen LogP contribution in [0.5, 0.6) is 0 Å². The minimum absolute atomic E-state index is 0.0126. The van der Waals surface area contributed by atoms with Gasteiger partial charge in [0.2, 0.25) is 0 Å². The maximum absolute atomic E-state index is 12.5. The van der Waals surface area contributed by atoms with Gasteiger partial charge in [-0.05, 0) is 19.4 Å². The van der Waals surface area contributed by atoms with Crippen molar-refractivity contribution in [3.05, 3.63) is 40.3 Å². The zero-order chi connectivity index (χ0) is 14.1. The van der Waals surface area contributed by atoms with Crippen molar-refractivity contribution in [3.63, 3.8) is 0 Å². The van der Waals surface area contributed by atoms with Gasteiger partial charge in [-0.3, -0.25) is 14.0 Å². The number of hydrogen-bond donors (Lipinski definition) is 0. The summed E-state index contributed by atoms with van der Waals surface area (Å²) in [5.41, 5.74) is 0.0126. The highest BCUT2D eigenvalue weighted by molar-refractivity contribution is 7.18. The molecule has 0 fully saturated rings. The van der Waals surface area contributed by atoms with Crippen molar-refractivity contribution in [2.75, 3.05) is 0 Å². The molecule has 0 radical (unpaired) electrons. The first-order chi connectivity index (χ1) is 9.69. The molecule has 0 aliphatic rings. The van der Waals surface area contributed by atoms with Gasteiger partial charge in [-0.1, -0.05) is 6.92 Å². The van der Waals surface area contributed by atoms with Gasteiger partial charge in [-0.15, -0.1) is 11.3 Å². The third kappa shape index (κ3) is 2.24.